The number of hydrogen-bond acceptors (Lipinski definition) is 10. The van der Waals surface area contributed by atoms with E-state index in [1.165, 1.54) is 6.33 Å². The number of methoxy groups -OCH3 is 2. The number of allylic oxidation sites excluding steroid dienone is 1. The van der Waals surface area contributed by atoms with Gasteiger partial charge in [0.1, 0.15) is 31.0 Å². The third-order valence-electron chi connectivity index (χ3n) is 7.29. The maximum absolute atomic E-state index is 13.6. The van der Waals surface area contributed by atoms with Gasteiger partial charge >= 0.3 is 0 Å². The van der Waals surface area contributed by atoms with E-state index < -0.39 is 5.91 Å². The molecule has 12 heteroatoms. The zero-order valence-electron chi connectivity index (χ0n) is 26.3. The minimum Gasteiger partial charge on any atom is -0.511 e. The summed E-state index contributed by atoms with van der Waals surface area (Å²) in [7, 11) is 3.19. The van der Waals surface area contributed by atoms with Gasteiger partial charge in [-0.05, 0) is 49.1 Å². The van der Waals surface area contributed by atoms with E-state index in [2.05, 4.69) is 20.3 Å². The van der Waals surface area contributed by atoms with Gasteiger partial charge in [-0.2, -0.15) is 0 Å². The molecule has 5 rings (SSSR count). The summed E-state index contributed by atoms with van der Waals surface area (Å²) in [4.78, 5) is 26.8. The van der Waals surface area contributed by atoms with Gasteiger partial charge in [0.15, 0.2) is 11.5 Å². The molecule has 0 saturated heterocycles. The van der Waals surface area contributed by atoms with Crippen LogP contribution in [0.3, 0.4) is 0 Å². The Labute approximate surface area is 278 Å². The summed E-state index contributed by atoms with van der Waals surface area (Å²) in [5.41, 5.74) is 2.67. The number of hydrogen-bond donors (Lipinski definition) is 2. The Morgan fingerprint density at radius 1 is 0.894 bits per heavy atom. The van der Waals surface area contributed by atoms with Crippen LogP contribution in [-0.2, 0) is 20.7 Å². The number of anilines is 1. The molecule has 1 aromatic heterocycles. The Bertz CT molecular complexity index is 1750. The fraction of sp³-hybridized carbons (Fsp3) is 0.314. The van der Waals surface area contributed by atoms with Crippen molar-refractivity contribution in [2.24, 2.45) is 4.99 Å². The lowest BCUT2D eigenvalue weighted by Gasteiger charge is -2.17. The highest BCUT2D eigenvalue weighted by Gasteiger charge is 2.24. The molecule has 1 amide bonds. The van der Waals surface area contributed by atoms with Crippen molar-refractivity contribution in [1.29, 1.82) is 0 Å². The third-order valence-corrected chi connectivity index (χ3v) is 7.59. The van der Waals surface area contributed by atoms with E-state index in [0.717, 1.165) is 18.4 Å². The minimum atomic E-state index is -0.463. The van der Waals surface area contributed by atoms with Crippen LogP contribution in [0.4, 0.5) is 5.69 Å². The number of fused-ring (bicyclic) bond motifs is 1. The van der Waals surface area contributed by atoms with Crippen LogP contribution in [0.2, 0.25) is 5.02 Å². The molecule has 1 aliphatic heterocycles. The van der Waals surface area contributed by atoms with Gasteiger partial charge in [-0.15, -0.1) is 0 Å². The highest BCUT2D eigenvalue weighted by molar-refractivity contribution is 6.32. The van der Waals surface area contributed by atoms with E-state index in [9.17, 15) is 9.90 Å². The van der Waals surface area contributed by atoms with E-state index in [0.29, 0.717) is 78.9 Å². The molecule has 3 aromatic carbocycles. The number of benzene rings is 3. The minimum absolute atomic E-state index is 0.0335. The number of halogens is 1. The maximum atomic E-state index is 13.6. The third kappa shape index (κ3) is 8.97. The Balaban J connectivity index is 1.37. The molecule has 0 aliphatic carbocycles. The van der Waals surface area contributed by atoms with E-state index in [1.54, 1.807) is 44.6 Å². The number of rotatable bonds is 15. The average molecular weight is 661 g/mol. The summed E-state index contributed by atoms with van der Waals surface area (Å²) < 4.78 is 28.1. The van der Waals surface area contributed by atoms with Crippen molar-refractivity contribution in [1.82, 2.24) is 9.97 Å². The zero-order valence-corrected chi connectivity index (χ0v) is 27.1. The Morgan fingerprint density at radius 3 is 2.32 bits per heavy atom. The van der Waals surface area contributed by atoms with Crippen molar-refractivity contribution in [2.45, 2.75) is 25.7 Å². The van der Waals surface area contributed by atoms with Crippen molar-refractivity contribution < 1.29 is 33.6 Å². The van der Waals surface area contributed by atoms with Gasteiger partial charge in [0.2, 0.25) is 5.88 Å². The molecule has 0 atom stereocenters. The van der Waals surface area contributed by atoms with Gasteiger partial charge in [-0.25, -0.2) is 9.97 Å². The molecular weight excluding hydrogens is 624 g/mol. The summed E-state index contributed by atoms with van der Waals surface area (Å²) in [5.74, 6) is 1.03. The van der Waals surface area contributed by atoms with Crippen molar-refractivity contribution >= 4 is 39.8 Å². The molecule has 0 fully saturated rings. The number of aliphatic imine (C=N–C) groups is 1. The van der Waals surface area contributed by atoms with Crippen LogP contribution in [0.5, 0.6) is 23.1 Å². The van der Waals surface area contributed by atoms with E-state index in [-0.39, 0.29) is 28.7 Å². The predicted molar refractivity (Wildman–Crippen MR) is 180 cm³/mol. The molecule has 11 nitrogen and oxygen atoms in total. The second-order valence-electron chi connectivity index (χ2n) is 10.6. The van der Waals surface area contributed by atoms with Gasteiger partial charge in [0.25, 0.3) is 5.91 Å². The second kappa shape index (κ2) is 16.7. The zero-order chi connectivity index (χ0) is 33.0. The number of aromatic nitrogens is 2. The summed E-state index contributed by atoms with van der Waals surface area (Å²) in [5, 5.41) is 14.8. The van der Waals surface area contributed by atoms with E-state index in [1.807, 2.05) is 30.3 Å². The molecule has 0 saturated carbocycles. The van der Waals surface area contributed by atoms with E-state index >= 15 is 0 Å². The molecule has 1 aliphatic rings. The fourth-order valence-corrected chi connectivity index (χ4v) is 5.20. The van der Waals surface area contributed by atoms with Crippen LogP contribution in [-0.4, -0.2) is 73.9 Å². The first-order valence-corrected chi connectivity index (χ1v) is 15.6. The molecule has 0 bridgehead atoms. The number of nitrogens with zero attached hydrogens (tertiary/aromatic N) is 3. The first kappa shape index (κ1) is 33.6. The predicted octanol–water partition coefficient (Wildman–Crippen LogP) is 6.74. The Morgan fingerprint density at radius 2 is 1.64 bits per heavy atom. The van der Waals surface area contributed by atoms with Crippen LogP contribution in [0.15, 0.2) is 83.3 Å². The monoisotopic (exact) mass is 660 g/mol. The molecule has 0 radical (unpaired) electrons. The van der Waals surface area contributed by atoms with Crippen molar-refractivity contribution in [3.8, 4) is 23.1 Å². The van der Waals surface area contributed by atoms with Crippen molar-refractivity contribution in [3.63, 3.8) is 0 Å². The number of carbonyl (C=O) groups is 1. The lowest BCUT2D eigenvalue weighted by atomic mass is 9.97. The molecule has 2 heterocycles. The first-order valence-electron chi connectivity index (χ1n) is 15.3. The quantitative estimate of drug-likeness (QED) is 0.0807. The van der Waals surface area contributed by atoms with Gasteiger partial charge in [-0.3, -0.25) is 9.79 Å². The number of aliphatic hydroxyl groups excluding tert-OH is 1. The number of aliphatic hydroxyl groups is 1. The fourth-order valence-electron chi connectivity index (χ4n) is 4.98. The Kier molecular flexibility index (Phi) is 12.0. The molecular formula is C35H37ClN4O7. The highest BCUT2D eigenvalue weighted by Crippen LogP contribution is 2.38. The Hall–Kier alpha value is -4.71. The maximum Gasteiger partial charge on any atom is 0.260 e. The van der Waals surface area contributed by atoms with Gasteiger partial charge in [0.05, 0.1) is 40.4 Å². The second-order valence-corrected chi connectivity index (χ2v) is 11.1. The van der Waals surface area contributed by atoms with Gasteiger partial charge in [-0.1, -0.05) is 41.9 Å². The number of nitrogens with one attached hydrogen (secondary N) is 1. The number of carbonyl (C=O) groups excluding carboxylic acids is 1. The van der Waals surface area contributed by atoms with Crippen LogP contribution < -0.4 is 19.5 Å². The molecule has 246 valence electrons. The lowest BCUT2D eigenvalue weighted by molar-refractivity contribution is -0.112. The lowest BCUT2D eigenvalue weighted by Crippen LogP contribution is -2.25. The first-order chi connectivity index (χ1) is 23.0. The van der Waals surface area contributed by atoms with Crippen molar-refractivity contribution in [2.75, 3.05) is 52.5 Å². The topological polar surface area (TPSA) is 134 Å². The summed E-state index contributed by atoms with van der Waals surface area (Å²) >= 11 is 6.65. The summed E-state index contributed by atoms with van der Waals surface area (Å²) in [6.45, 7) is 2.04. The van der Waals surface area contributed by atoms with Crippen LogP contribution in [0.1, 0.15) is 24.8 Å². The van der Waals surface area contributed by atoms with Gasteiger partial charge < -0.3 is 34.1 Å². The highest BCUT2D eigenvalue weighted by atomic mass is 35.5. The average Bonchev–Trinajstić information content (AvgIpc) is 3.07. The van der Waals surface area contributed by atoms with Crippen LogP contribution in [0, 0.1) is 0 Å². The smallest absolute Gasteiger partial charge is 0.260 e. The molecule has 47 heavy (non-hydrogen) atoms. The molecule has 0 unspecified atom stereocenters. The standard InChI is InChI=1S/C35H37ClN4O7/c1-43-14-16-45-31-20-25-28(21-32(31)46-17-15-44-2)38-22-39-35(25)47-30-12-11-24(19-26(30)36)40-34(42)33(27-10-6-7-13-37-27)29(41)18-23-8-4-3-5-9-23/h3-5,8-9,11-12,19-22,41H,6-7,10,13-18H2,1-2H3,(H,40,42). The van der Waals surface area contributed by atoms with Crippen LogP contribution >= 0.6 is 11.6 Å². The normalized spacial score (nSPS) is 13.5. The largest absolute Gasteiger partial charge is 0.511 e. The van der Waals surface area contributed by atoms with Gasteiger partial charge in [0, 0.05) is 38.9 Å². The number of ether oxygens (including phenoxy) is 5. The SMILES string of the molecule is COCCOc1cc2ncnc(Oc3ccc(NC(=O)C(C4=NCCCC4)=C(O)Cc4ccccc4)cc3Cl)c2cc1OCCOC. The number of amides is 1. The molecule has 4 aromatic rings. The van der Waals surface area contributed by atoms with Crippen LogP contribution in [0.25, 0.3) is 10.9 Å². The summed E-state index contributed by atoms with van der Waals surface area (Å²) in [6.07, 6.45) is 4.05. The summed E-state index contributed by atoms with van der Waals surface area (Å²) in [6, 6.07) is 17.9. The van der Waals surface area contributed by atoms with Crippen molar-refractivity contribution in [3.05, 3.63) is 88.9 Å². The molecule has 2 N–H and O–H groups in total. The molecule has 0 spiro atoms. The van der Waals surface area contributed by atoms with E-state index in [4.69, 9.17) is 35.3 Å².